The molecule has 0 aromatic rings. The van der Waals surface area contributed by atoms with Gasteiger partial charge >= 0.3 is 0 Å². The van der Waals surface area contributed by atoms with Gasteiger partial charge in [-0.1, -0.05) is 13.3 Å². The van der Waals surface area contributed by atoms with E-state index in [1.807, 2.05) is 11.8 Å². The fourth-order valence-electron chi connectivity index (χ4n) is 3.17. The molecule has 1 aliphatic carbocycles. The lowest BCUT2D eigenvalue weighted by molar-refractivity contribution is -0.130. The molecule has 2 rings (SSSR count). The van der Waals surface area contributed by atoms with Crippen LogP contribution >= 0.6 is 12.4 Å². The van der Waals surface area contributed by atoms with Crippen molar-refractivity contribution >= 4 is 24.2 Å². The van der Waals surface area contributed by atoms with Crippen LogP contribution in [0.3, 0.4) is 0 Å². The van der Waals surface area contributed by atoms with Gasteiger partial charge in [-0.25, -0.2) is 0 Å². The van der Waals surface area contributed by atoms with Gasteiger partial charge in [0.1, 0.15) is 0 Å². The quantitative estimate of drug-likeness (QED) is 0.815. The van der Waals surface area contributed by atoms with Crippen LogP contribution in [-0.4, -0.2) is 41.9 Å². The number of hydrogen-bond donors (Lipinski definition) is 2. The molecule has 20 heavy (non-hydrogen) atoms. The zero-order valence-electron chi connectivity index (χ0n) is 12.1. The highest BCUT2D eigenvalue weighted by Gasteiger charge is 2.29. The van der Waals surface area contributed by atoms with Crippen molar-refractivity contribution in [1.29, 1.82) is 0 Å². The molecule has 0 aromatic heterocycles. The Morgan fingerprint density at radius 3 is 2.65 bits per heavy atom. The minimum atomic E-state index is 0. The van der Waals surface area contributed by atoms with Gasteiger partial charge in [0.05, 0.1) is 0 Å². The molecule has 2 fully saturated rings. The van der Waals surface area contributed by atoms with Gasteiger partial charge in [0.2, 0.25) is 11.8 Å². The predicted molar refractivity (Wildman–Crippen MR) is 80.6 cm³/mol. The van der Waals surface area contributed by atoms with E-state index in [-0.39, 0.29) is 36.3 Å². The molecule has 5 nitrogen and oxygen atoms in total. The number of nitrogens with two attached hydrogens (primary N) is 1. The van der Waals surface area contributed by atoms with E-state index < -0.39 is 0 Å². The van der Waals surface area contributed by atoms with E-state index in [2.05, 4.69) is 5.32 Å². The Morgan fingerprint density at radius 2 is 2.05 bits per heavy atom. The minimum Gasteiger partial charge on any atom is -0.352 e. The maximum Gasteiger partial charge on any atom is 0.222 e. The van der Waals surface area contributed by atoms with Gasteiger partial charge in [-0.2, -0.15) is 0 Å². The van der Waals surface area contributed by atoms with Gasteiger partial charge in [0.25, 0.3) is 0 Å². The number of halogens is 1. The van der Waals surface area contributed by atoms with E-state index in [9.17, 15) is 9.59 Å². The summed E-state index contributed by atoms with van der Waals surface area (Å²) in [5, 5.41) is 3.05. The lowest BCUT2D eigenvalue weighted by Gasteiger charge is -2.18. The SMILES string of the molecule is CCC(=O)N1CCC(NC(=O)C[C@@H]2CCC[C@H]2N)C1.Cl. The van der Waals surface area contributed by atoms with E-state index in [0.717, 1.165) is 32.2 Å². The molecule has 1 unspecified atom stereocenters. The second-order valence-electron chi connectivity index (χ2n) is 5.81. The summed E-state index contributed by atoms with van der Waals surface area (Å²) in [4.78, 5) is 25.4. The van der Waals surface area contributed by atoms with Crippen LogP contribution in [0.1, 0.15) is 45.4 Å². The van der Waals surface area contributed by atoms with Gasteiger partial charge < -0.3 is 16.0 Å². The van der Waals surface area contributed by atoms with E-state index in [4.69, 9.17) is 5.73 Å². The zero-order chi connectivity index (χ0) is 13.8. The van der Waals surface area contributed by atoms with Crippen LogP contribution in [0.5, 0.6) is 0 Å². The van der Waals surface area contributed by atoms with Crippen LogP contribution < -0.4 is 11.1 Å². The van der Waals surface area contributed by atoms with Gasteiger partial charge in [0, 0.05) is 38.0 Å². The normalized spacial score (nSPS) is 29.1. The average molecular weight is 304 g/mol. The summed E-state index contributed by atoms with van der Waals surface area (Å²) >= 11 is 0. The van der Waals surface area contributed by atoms with Crippen molar-refractivity contribution in [2.24, 2.45) is 11.7 Å². The van der Waals surface area contributed by atoms with Gasteiger partial charge in [-0.3, -0.25) is 9.59 Å². The third kappa shape index (κ3) is 4.35. The first-order chi connectivity index (χ1) is 9.10. The second-order valence-corrected chi connectivity index (χ2v) is 5.81. The summed E-state index contributed by atoms with van der Waals surface area (Å²) in [7, 11) is 0. The third-order valence-electron chi connectivity index (χ3n) is 4.37. The van der Waals surface area contributed by atoms with E-state index in [1.54, 1.807) is 0 Å². The largest absolute Gasteiger partial charge is 0.352 e. The Morgan fingerprint density at radius 1 is 1.30 bits per heavy atom. The molecular weight excluding hydrogens is 278 g/mol. The summed E-state index contributed by atoms with van der Waals surface area (Å²) in [6, 6.07) is 0.313. The second kappa shape index (κ2) is 7.84. The molecule has 116 valence electrons. The fraction of sp³-hybridized carbons (Fsp3) is 0.857. The van der Waals surface area contributed by atoms with E-state index in [0.29, 0.717) is 25.3 Å². The highest BCUT2D eigenvalue weighted by Crippen LogP contribution is 2.26. The van der Waals surface area contributed by atoms with Crippen LogP contribution in [-0.2, 0) is 9.59 Å². The van der Waals surface area contributed by atoms with Crippen LogP contribution in [0.15, 0.2) is 0 Å². The van der Waals surface area contributed by atoms with Gasteiger partial charge in [-0.05, 0) is 25.2 Å². The van der Waals surface area contributed by atoms with Crippen LogP contribution in [0.4, 0.5) is 0 Å². The molecule has 0 spiro atoms. The molecule has 1 aliphatic heterocycles. The maximum absolute atomic E-state index is 12.0. The van der Waals surface area contributed by atoms with Crippen molar-refractivity contribution in [3.05, 3.63) is 0 Å². The molecule has 1 heterocycles. The first-order valence-corrected chi connectivity index (χ1v) is 7.43. The number of amides is 2. The van der Waals surface area contributed by atoms with E-state index in [1.165, 1.54) is 0 Å². The van der Waals surface area contributed by atoms with Crippen LogP contribution in [0, 0.1) is 5.92 Å². The Kier molecular flexibility index (Phi) is 6.76. The Balaban J connectivity index is 0.00000200. The number of nitrogens with one attached hydrogen (secondary N) is 1. The maximum atomic E-state index is 12.0. The number of nitrogens with zero attached hydrogens (tertiary/aromatic N) is 1. The fourth-order valence-corrected chi connectivity index (χ4v) is 3.17. The van der Waals surface area contributed by atoms with Crippen molar-refractivity contribution < 1.29 is 9.59 Å². The molecule has 0 bridgehead atoms. The number of rotatable bonds is 4. The van der Waals surface area contributed by atoms with Crippen molar-refractivity contribution in [2.45, 2.75) is 57.5 Å². The summed E-state index contributed by atoms with van der Waals surface area (Å²) in [6.07, 6.45) is 5.20. The Bertz CT molecular complexity index is 351. The summed E-state index contributed by atoms with van der Waals surface area (Å²) in [5.41, 5.74) is 5.98. The Hall–Kier alpha value is -0.810. The molecule has 2 aliphatic rings. The topological polar surface area (TPSA) is 75.4 Å². The lowest BCUT2D eigenvalue weighted by Crippen LogP contribution is -2.40. The molecule has 6 heteroatoms. The highest BCUT2D eigenvalue weighted by atomic mass is 35.5. The number of hydrogen-bond acceptors (Lipinski definition) is 3. The monoisotopic (exact) mass is 303 g/mol. The number of carbonyl (C=O) groups excluding carboxylic acids is 2. The lowest BCUT2D eigenvalue weighted by atomic mass is 9.99. The van der Waals surface area contributed by atoms with E-state index >= 15 is 0 Å². The first kappa shape index (κ1) is 17.2. The highest BCUT2D eigenvalue weighted by molar-refractivity contribution is 5.85. The van der Waals surface area contributed by atoms with Crippen LogP contribution in [0.2, 0.25) is 0 Å². The molecular formula is C14H26ClN3O2. The number of carbonyl (C=O) groups is 2. The standard InChI is InChI=1S/C14H25N3O2.ClH/c1-2-14(19)17-7-6-11(9-17)16-13(18)8-10-4-3-5-12(10)15;/h10-12H,2-9,15H2,1H3,(H,16,18);1H/t10-,11?,12+;/m0./s1. The smallest absolute Gasteiger partial charge is 0.222 e. The van der Waals surface area contributed by atoms with Crippen molar-refractivity contribution in [2.75, 3.05) is 13.1 Å². The van der Waals surface area contributed by atoms with Gasteiger partial charge in [0.15, 0.2) is 0 Å². The average Bonchev–Trinajstić information content (AvgIpc) is 2.99. The molecule has 1 saturated heterocycles. The molecule has 0 radical (unpaired) electrons. The van der Waals surface area contributed by atoms with Crippen molar-refractivity contribution in [3.8, 4) is 0 Å². The van der Waals surface area contributed by atoms with Gasteiger partial charge in [-0.15, -0.1) is 12.4 Å². The summed E-state index contributed by atoms with van der Waals surface area (Å²) < 4.78 is 0. The molecule has 1 saturated carbocycles. The van der Waals surface area contributed by atoms with Crippen LogP contribution in [0.25, 0.3) is 0 Å². The summed E-state index contributed by atoms with van der Waals surface area (Å²) in [5.74, 6) is 0.613. The van der Waals surface area contributed by atoms with Crippen molar-refractivity contribution in [1.82, 2.24) is 10.2 Å². The Labute approximate surface area is 127 Å². The summed E-state index contributed by atoms with van der Waals surface area (Å²) in [6.45, 7) is 3.30. The zero-order valence-corrected chi connectivity index (χ0v) is 13.0. The number of likely N-dealkylation sites (tertiary alicyclic amines) is 1. The first-order valence-electron chi connectivity index (χ1n) is 7.43. The molecule has 2 amide bonds. The molecule has 3 atom stereocenters. The molecule has 3 N–H and O–H groups in total. The predicted octanol–water partition coefficient (Wildman–Crippen LogP) is 1.05. The molecule has 0 aromatic carbocycles. The third-order valence-corrected chi connectivity index (χ3v) is 4.37. The minimum absolute atomic E-state index is 0. The van der Waals surface area contributed by atoms with Crippen molar-refractivity contribution in [3.63, 3.8) is 0 Å².